The van der Waals surface area contributed by atoms with Gasteiger partial charge in [-0.05, 0) is 35.7 Å². The smallest absolute Gasteiger partial charge is 0.229 e. The number of hydrogen-bond acceptors (Lipinski definition) is 5. The molecule has 35 heavy (non-hydrogen) atoms. The molecular weight excluding hydrogens is 442 g/mol. The van der Waals surface area contributed by atoms with Crippen LogP contribution in [-0.4, -0.2) is 37.0 Å². The highest BCUT2D eigenvalue weighted by molar-refractivity contribution is 5.92. The SMILES string of the molecule is COc1cc(CC(=O)Nc2cc(-c3ccccc3C)nn2Cc2ccccc2)cc(OC)c1OC. The van der Waals surface area contributed by atoms with Crippen molar-refractivity contribution < 1.29 is 19.0 Å². The van der Waals surface area contributed by atoms with Crippen molar-refractivity contribution in [2.75, 3.05) is 26.6 Å². The molecule has 0 unspecified atom stereocenters. The van der Waals surface area contributed by atoms with E-state index in [1.807, 2.05) is 72.3 Å². The van der Waals surface area contributed by atoms with Crippen molar-refractivity contribution in [3.63, 3.8) is 0 Å². The summed E-state index contributed by atoms with van der Waals surface area (Å²) in [7, 11) is 4.65. The van der Waals surface area contributed by atoms with Crippen LogP contribution < -0.4 is 19.5 Å². The number of aryl methyl sites for hydroxylation is 1. The number of anilines is 1. The van der Waals surface area contributed by atoms with Crippen LogP contribution in [0.25, 0.3) is 11.3 Å². The molecule has 4 rings (SSSR count). The van der Waals surface area contributed by atoms with Gasteiger partial charge in [-0.3, -0.25) is 4.79 Å². The lowest BCUT2D eigenvalue weighted by molar-refractivity contribution is -0.115. The van der Waals surface area contributed by atoms with Gasteiger partial charge < -0.3 is 19.5 Å². The van der Waals surface area contributed by atoms with Crippen molar-refractivity contribution in [3.05, 3.63) is 89.5 Å². The molecule has 0 saturated heterocycles. The fraction of sp³-hybridized carbons (Fsp3) is 0.214. The van der Waals surface area contributed by atoms with Gasteiger partial charge in [-0.25, -0.2) is 4.68 Å². The number of benzene rings is 3. The number of carbonyl (C=O) groups excluding carboxylic acids is 1. The lowest BCUT2D eigenvalue weighted by Gasteiger charge is -2.14. The maximum Gasteiger partial charge on any atom is 0.229 e. The number of amides is 1. The lowest BCUT2D eigenvalue weighted by atomic mass is 10.1. The van der Waals surface area contributed by atoms with Gasteiger partial charge in [0.25, 0.3) is 0 Å². The topological polar surface area (TPSA) is 74.6 Å². The Bertz CT molecular complexity index is 1290. The molecule has 0 bridgehead atoms. The number of methoxy groups -OCH3 is 3. The van der Waals surface area contributed by atoms with E-state index in [1.165, 1.54) is 0 Å². The number of rotatable bonds is 9. The monoisotopic (exact) mass is 471 g/mol. The number of aromatic nitrogens is 2. The maximum absolute atomic E-state index is 13.1. The molecule has 0 aliphatic heterocycles. The van der Waals surface area contributed by atoms with Gasteiger partial charge in [-0.1, -0.05) is 54.6 Å². The summed E-state index contributed by atoms with van der Waals surface area (Å²) in [5, 5.41) is 7.86. The first-order valence-electron chi connectivity index (χ1n) is 11.3. The fourth-order valence-corrected chi connectivity index (χ4v) is 4.00. The Balaban J connectivity index is 1.62. The van der Waals surface area contributed by atoms with Gasteiger partial charge in [-0.2, -0.15) is 5.10 Å². The summed E-state index contributed by atoms with van der Waals surface area (Å²) in [4.78, 5) is 13.1. The summed E-state index contributed by atoms with van der Waals surface area (Å²) in [6.07, 6.45) is 0.132. The number of nitrogens with one attached hydrogen (secondary N) is 1. The van der Waals surface area contributed by atoms with E-state index in [1.54, 1.807) is 33.5 Å². The maximum atomic E-state index is 13.1. The molecule has 1 amide bonds. The number of nitrogens with zero attached hydrogens (tertiary/aromatic N) is 2. The van der Waals surface area contributed by atoms with Gasteiger partial charge >= 0.3 is 0 Å². The van der Waals surface area contributed by atoms with Crippen molar-refractivity contribution in [2.45, 2.75) is 19.9 Å². The van der Waals surface area contributed by atoms with Crippen molar-refractivity contribution in [1.82, 2.24) is 9.78 Å². The Morgan fingerprint density at radius 1 is 0.857 bits per heavy atom. The average molecular weight is 472 g/mol. The first-order valence-corrected chi connectivity index (χ1v) is 11.3. The molecule has 3 aromatic carbocycles. The predicted octanol–water partition coefficient (Wildman–Crippen LogP) is 5.11. The Hall–Kier alpha value is -4.26. The molecule has 1 N–H and O–H groups in total. The van der Waals surface area contributed by atoms with Gasteiger partial charge in [-0.15, -0.1) is 0 Å². The van der Waals surface area contributed by atoms with Crippen LogP contribution in [0.4, 0.5) is 5.82 Å². The van der Waals surface area contributed by atoms with Crippen molar-refractivity contribution >= 4 is 11.7 Å². The lowest BCUT2D eigenvalue weighted by Crippen LogP contribution is -2.18. The average Bonchev–Trinajstić information content (AvgIpc) is 3.25. The number of carbonyl (C=O) groups is 1. The molecule has 1 aromatic heterocycles. The molecule has 0 spiro atoms. The molecule has 0 saturated carbocycles. The fourth-order valence-electron chi connectivity index (χ4n) is 4.00. The Morgan fingerprint density at radius 2 is 1.51 bits per heavy atom. The Morgan fingerprint density at radius 3 is 2.14 bits per heavy atom. The van der Waals surface area contributed by atoms with Crippen molar-refractivity contribution in [3.8, 4) is 28.5 Å². The molecule has 1 heterocycles. The minimum atomic E-state index is -0.176. The van der Waals surface area contributed by atoms with Crippen LogP contribution in [0.2, 0.25) is 0 Å². The molecule has 0 fully saturated rings. The van der Waals surface area contributed by atoms with E-state index in [4.69, 9.17) is 19.3 Å². The van der Waals surface area contributed by atoms with Gasteiger partial charge in [0.15, 0.2) is 11.5 Å². The predicted molar refractivity (Wildman–Crippen MR) is 136 cm³/mol. The Kier molecular flexibility index (Phi) is 7.35. The molecular formula is C28H29N3O4. The standard InChI is InChI=1S/C28H29N3O4/c1-19-10-8-9-13-22(19)23-17-26(31(30-23)18-20-11-6-5-7-12-20)29-27(32)16-21-14-24(33-2)28(35-4)25(15-21)34-3/h5-15,17H,16,18H2,1-4H3,(H,29,32). The second-order valence-corrected chi connectivity index (χ2v) is 8.13. The van der Waals surface area contributed by atoms with Gasteiger partial charge in [0.1, 0.15) is 5.82 Å². The zero-order valence-corrected chi connectivity index (χ0v) is 20.4. The largest absolute Gasteiger partial charge is 0.493 e. The molecule has 7 heteroatoms. The second-order valence-electron chi connectivity index (χ2n) is 8.13. The van der Waals surface area contributed by atoms with E-state index >= 15 is 0 Å². The van der Waals surface area contributed by atoms with E-state index in [0.717, 1.165) is 27.9 Å². The summed E-state index contributed by atoms with van der Waals surface area (Å²) in [6, 6.07) is 23.6. The molecule has 0 aliphatic rings. The summed E-state index contributed by atoms with van der Waals surface area (Å²) >= 11 is 0. The molecule has 0 radical (unpaired) electrons. The van der Waals surface area contributed by atoms with Gasteiger partial charge in [0.2, 0.25) is 11.7 Å². The van der Waals surface area contributed by atoms with E-state index in [0.29, 0.717) is 29.6 Å². The minimum absolute atomic E-state index is 0.132. The molecule has 4 aromatic rings. The van der Waals surface area contributed by atoms with Crippen LogP contribution in [0.1, 0.15) is 16.7 Å². The van der Waals surface area contributed by atoms with E-state index in [-0.39, 0.29) is 12.3 Å². The highest BCUT2D eigenvalue weighted by atomic mass is 16.5. The number of ether oxygens (including phenoxy) is 3. The van der Waals surface area contributed by atoms with Gasteiger partial charge in [0, 0.05) is 11.6 Å². The van der Waals surface area contributed by atoms with Crippen LogP contribution in [0.5, 0.6) is 17.2 Å². The van der Waals surface area contributed by atoms with Gasteiger partial charge in [0.05, 0.1) is 40.0 Å². The van der Waals surface area contributed by atoms with Crippen molar-refractivity contribution in [1.29, 1.82) is 0 Å². The Labute approximate surface area is 205 Å². The second kappa shape index (κ2) is 10.8. The van der Waals surface area contributed by atoms with Crippen LogP contribution in [-0.2, 0) is 17.8 Å². The highest BCUT2D eigenvalue weighted by Crippen LogP contribution is 2.38. The van der Waals surface area contributed by atoms with Crippen LogP contribution >= 0.6 is 0 Å². The van der Waals surface area contributed by atoms with E-state index in [2.05, 4.69) is 5.32 Å². The molecule has 0 aliphatic carbocycles. The van der Waals surface area contributed by atoms with Crippen LogP contribution in [0.15, 0.2) is 72.8 Å². The summed E-state index contributed by atoms with van der Waals surface area (Å²) < 4.78 is 18.0. The molecule has 0 atom stereocenters. The normalized spacial score (nSPS) is 10.6. The third kappa shape index (κ3) is 5.46. The zero-order valence-electron chi connectivity index (χ0n) is 20.4. The summed E-state index contributed by atoms with van der Waals surface area (Å²) in [6.45, 7) is 2.58. The summed E-state index contributed by atoms with van der Waals surface area (Å²) in [5.41, 5.74) is 4.78. The first-order chi connectivity index (χ1) is 17.0. The molecule has 7 nitrogen and oxygen atoms in total. The van der Waals surface area contributed by atoms with Crippen LogP contribution in [0, 0.1) is 6.92 Å². The third-order valence-corrected chi connectivity index (χ3v) is 5.73. The quantitative estimate of drug-likeness (QED) is 0.367. The van der Waals surface area contributed by atoms with Crippen LogP contribution in [0.3, 0.4) is 0 Å². The molecule has 180 valence electrons. The van der Waals surface area contributed by atoms with E-state index in [9.17, 15) is 4.79 Å². The first kappa shape index (κ1) is 23.9. The highest BCUT2D eigenvalue weighted by Gasteiger charge is 2.17. The van der Waals surface area contributed by atoms with E-state index < -0.39 is 0 Å². The minimum Gasteiger partial charge on any atom is -0.493 e. The zero-order chi connectivity index (χ0) is 24.8. The number of hydrogen-bond donors (Lipinski definition) is 1. The summed E-state index contributed by atoms with van der Waals surface area (Å²) in [5.74, 6) is 1.95. The van der Waals surface area contributed by atoms with Crippen molar-refractivity contribution in [2.24, 2.45) is 0 Å². The third-order valence-electron chi connectivity index (χ3n) is 5.73.